The number of epoxide rings is 1. The van der Waals surface area contributed by atoms with E-state index < -0.39 is 12.1 Å². The average molecular weight is 606 g/mol. The van der Waals surface area contributed by atoms with Gasteiger partial charge < -0.3 is 20.3 Å². The summed E-state index contributed by atoms with van der Waals surface area (Å²) in [4.78, 5) is 12.3. The number of hydrogen-bond donors (Lipinski definition) is 3. The molecular formula is C38H71NO4. The van der Waals surface area contributed by atoms with E-state index in [1.54, 1.807) is 6.08 Å². The lowest BCUT2D eigenvalue weighted by atomic mass is 10.0. The van der Waals surface area contributed by atoms with E-state index in [9.17, 15) is 15.0 Å². The summed E-state index contributed by atoms with van der Waals surface area (Å²) in [5, 5.41) is 22.9. The van der Waals surface area contributed by atoms with Crippen LogP contribution in [0.1, 0.15) is 181 Å². The van der Waals surface area contributed by atoms with E-state index in [4.69, 9.17) is 4.74 Å². The van der Waals surface area contributed by atoms with Gasteiger partial charge in [-0.2, -0.15) is 0 Å². The molecule has 1 amide bonds. The first-order valence-electron chi connectivity index (χ1n) is 18.7. The Balaban J connectivity index is 1.94. The van der Waals surface area contributed by atoms with Gasteiger partial charge in [-0.15, -0.1) is 0 Å². The van der Waals surface area contributed by atoms with Crippen molar-refractivity contribution in [3.63, 3.8) is 0 Å². The molecule has 1 aliphatic rings. The summed E-state index contributed by atoms with van der Waals surface area (Å²) < 4.78 is 5.80. The number of allylic oxidation sites excluding steroid dienone is 2. The highest BCUT2D eigenvalue weighted by Gasteiger charge is 2.36. The number of aliphatic hydroxyl groups is 2. The summed E-state index contributed by atoms with van der Waals surface area (Å²) in [6, 6.07) is -0.631. The van der Waals surface area contributed by atoms with Crippen LogP contribution in [0.4, 0.5) is 0 Å². The molecule has 1 saturated heterocycles. The Morgan fingerprint density at radius 3 is 1.81 bits per heavy atom. The van der Waals surface area contributed by atoms with Crippen molar-refractivity contribution in [3.8, 4) is 0 Å². The molecule has 0 aromatic rings. The normalized spacial score (nSPS) is 18.0. The zero-order chi connectivity index (χ0) is 31.2. The lowest BCUT2D eigenvalue weighted by molar-refractivity contribution is -0.123. The lowest BCUT2D eigenvalue weighted by Gasteiger charge is -2.20. The molecule has 0 aromatic heterocycles. The molecule has 0 aliphatic carbocycles. The van der Waals surface area contributed by atoms with E-state index in [1.807, 2.05) is 6.08 Å². The van der Waals surface area contributed by atoms with Crippen molar-refractivity contribution in [1.29, 1.82) is 0 Å². The summed E-state index contributed by atoms with van der Waals surface area (Å²) in [6.07, 6.45) is 39.9. The minimum absolute atomic E-state index is 0.0834. The molecule has 3 N–H and O–H groups in total. The maximum atomic E-state index is 12.3. The first-order valence-corrected chi connectivity index (χ1v) is 18.7. The van der Waals surface area contributed by atoms with E-state index in [1.165, 1.54) is 116 Å². The van der Waals surface area contributed by atoms with Crippen molar-refractivity contribution in [3.05, 3.63) is 24.3 Å². The summed E-state index contributed by atoms with van der Waals surface area (Å²) in [7, 11) is 0. The maximum Gasteiger partial charge on any atom is 0.220 e. The van der Waals surface area contributed by atoms with Crippen LogP contribution in [0, 0.1) is 0 Å². The molecule has 252 valence electrons. The second kappa shape index (κ2) is 29.5. The second-order valence-electron chi connectivity index (χ2n) is 13.0. The predicted molar refractivity (Wildman–Crippen MR) is 183 cm³/mol. The zero-order valence-corrected chi connectivity index (χ0v) is 28.4. The number of unbranched alkanes of at least 4 members (excludes halogenated alkanes) is 20. The summed E-state index contributed by atoms with van der Waals surface area (Å²) in [6.45, 7) is 4.26. The molecule has 0 aromatic carbocycles. The number of hydrogen-bond acceptors (Lipinski definition) is 4. The molecule has 5 heteroatoms. The fourth-order valence-corrected chi connectivity index (χ4v) is 5.83. The van der Waals surface area contributed by atoms with Crippen LogP contribution in [0.15, 0.2) is 24.3 Å². The van der Waals surface area contributed by atoms with Gasteiger partial charge in [0.05, 0.1) is 31.0 Å². The molecule has 1 aliphatic heterocycles. The highest BCUT2D eigenvalue weighted by Crippen LogP contribution is 2.30. The Bertz CT molecular complexity index is 679. The zero-order valence-electron chi connectivity index (χ0n) is 28.4. The maximum absolute atomic E-state index is 12.3. The number of carbonyl (C=O) groups excluding carboxylic acids is 1. The molecule has 43 heavy (non-hydrogen) atoms. The first kappa shape index (κ1) is 39.9. The Morgan fingerprint density at radius 2 is 1.19 bits per heavy atom. The SMILES string of the molecule is CCCCC/C=C\CC1OC1CCCCCCCC(=O)N[C@@H](CO)[C@H](O)/C=C/CCCCCCCCCCCCCCC. The van der Waals surface area contributed by atoms with Crippen LogP contribution in [-0.4, -0.2) is 47.1 Å². The van der Waals surface area contributed by atoms with Crippen LogP contribution in [0.25, 0.3) is 0 Å². The van der Waals surface area contributed by atoms with Gasteiger partial charge >= 0.3 is 0 Å². The Kier molecular flexibility index (Phi) is 27.4. The monoisotopic (exact) mass is 606 g/mol. The summed E-state index contributed by atoms with van der Waals surface area (Å²) in [5.41, 5.74) is 0. The molecule has 1 rings (SSSR count). The van der Waals surface area contributed by atoms with Gasteiger partial charge in [-0.3, -0.25) is 4.79 Å². The van der Waals surface area contributed by atoms with Crippen LogP contribution in [0.2, 0.25) is 0 Å². The van der Waals surface area contributed by atoms with Crippen LogP contribution < -0.4 is 5.32 Å². The van der Waals surface area contributed by atoms with Crippen molar-refractivity contribution in [2.45, 2.75) is 205 Å². The van der Waals surface area contributed by atoms with Gasteiger partial charge in [0.2, 0.25) is 5.91 Å². The standard InChI is InChI=1S/C38H71NO4/c1-3-5-7-9-11-12-13-14-15-16-17-18-19-21-25-29-35(41)34(33-40)39-38(42)32-28-24-20-23-27-31-37-36(43-37)30-26-22-10-8-6-4-2/h22,25-26,29,34-37,40-41H,3-21,23-24,27-28,30-33H2,1-2H3,(H,39,42)/b26-22-,29-25+/t34-,35+,36?,37?/m0/s1. The van der Waals surface area contributed by atoms with Gasteiger partial charge in [-0.1, -0.05) is 154 Å². The molecule has 0 bridgehead atoms. The Labute approximate surface area is 266 Å². The third-order valence-corrected chi connectivity index (χ3v) is 8.85. The highest BCUT2D eigenvalue weighted by molar-refractivity contribution is 5.76. The number of aliphatic hydroxyl groups excluding tert-OH is 2. The second-order valence-corrected chi connectivity index (χ2v) is 13.0. The summed E-state index contributed by atoms with van der Waals surface area (Å²) in [5.74, 6) is -0.0834. The number of nitrogens with one attached hydrogen (secondary N) is 1. The number of rotatable bonds is 32. The number of ether oxygens (including phenoxy) is 1. The summed E-state index contributed by atoms with van der Waals surface area (Å²) >= 11 is 0. The number of carbonyl (C=O) groups is 1. The molecule has 4 atom stereocenters. The van der Waals surface area contributed by atoms with Gasteiger partial charge in [0, 0.05) is 6.42 Å². The largest absolute Gasteiger partial charge is 0.394 e. The quantitative estimate of drug-likeness (QED) is 0.0405. The lowest BCUT2D eigenvalue weighted by Crippen LogP contribution is -2.45. The molecule has 1 fully saturated rings. The van der Waals surface area contributed by atoms with E-state index >= 15 is 0 Å². The van der Waals surface area contributed by atoms with E-state index in [0.717, 1.165) is 44.9 Å². The third kappa shape index (κ3) is 24.8. The average Bonchev–Trinajstić information content (AvgIpc) is 3.76. The molecule has 0 spiro atoms. The van der Waals surface area contributed by atoms with Crippen molar-refractivity contribution < 1.29 is 19.7 Å². The van der Waals surface area contributed by atoms with Gasteiger partial charge in [-0.05, 0) is 44.9 Å². The van der Waals surface area contributed by atoms with Crippen molar-refractivity contribution >= 4 is 5.91 Å². The van der Waals surface area contributed by atoms with Crippen molar-refractivity contribution in [2.24, 2.45) is 0 Å². The number of amides is 1. The van der Waals surface area contributed by atoms with Crippen LogP contribution in [-0.2, 0) is 9.53 Å². The molecule has 1 heterocycles. The predicted octanol–water partition coefficient (Wildman–Crippen LogP) is 9.89. The molecular weight excluding hydrogens is 534 g/mol. The van der Waals surface area contributed by atoms with E-state index in [0.29, 0.717) is 18.6 Å². The van der Waals surface area contributed by atoms with Gasteiger partial charge in [-0.25, -0.2) is 0 Å². The van der Waals surface area contributed by atoms with Crippen molar-refractivity contribution in [1.82, 2.24) is 5.32 Å². The molecule has 0 saturated carbocycles. The van der Waals surface area contributed by atoms with Gasteiger partial charge in [0.25, 0.3) is 0 Å². The van der Waals surface area contributed by atoms with Crippen LogP contribution in [0.5, 0.6) is 0 Å². The van der Waals surface area contributed by atoms with Gasteiger partial charge in [0.15, 0.2) is 0 Å². The van der Waals surface area contributed by atoms with Crippen LogP contribution >= 0.6 is 0 Å². The Hall–Kier alpha value is -1.17. The minimum atomic E-state index is -0.846. The van der Waals surface area contributed by atoms with Crippen molar-refractivity contribution in [2.75, 3.05) is 6.61 Å². The Morgan fingerprint density at radius 1 is 0.674 bits per heavy atom. The molecule has 5 nitrogen and oxygen atoms in total. The van der Waals surface area contributed by atoms with E-state index in [-0.39, 0.29) is 12.5 Å². The van der Waals surface area contributed by atoms with E-state index in [2.05, 4.69) is 31.3 Å². The minimum Gasteiger partial charge on any atom is -0.394 e. The smallest absolute Gasteiger partial charge is 0.220 e. The fourth-order valence-electron chi connectivity index (χ4n) is 5.83. The molecule has 0 radical (unpaired) electrons. The third-order valence-electron chi connectivity index (χ3n) is 8.85. The van der Waals surface area contributed by atoms with Gasteiger partial charge in [0.1, 0.15) is 0 Å². The highest BCUT2D eigenvalue weighted by atomic mass is 16.6. The fraction of sp³-hybridized carbons (Fsp3) is 0.868. The van der Waals surface area contributed by atoms with Crippen LogP contribution in [0.3, 0.4) is 0 Å². The molecule has 2 unspecified atom stereocenters. The topological polar surface area (TPSA) is 82.1 Å². The first-order chi connectivity index (χ1) is 21.1.